The molecule has 20 heavy (non-hydrogen) atoms. The number of rotatable bonds is 7. The number of hydrogen-bond donors (Lipinski definition) is 2. The number of esters is 1. The first-order valence-electron chi connectivity index (χ1n) is 6.82. The summed E-state index contributed by atoms with van der Waals surface area (Å²) in [6.45, 7) is 7.44. The molecule has 0 spiro atoms. The molecule has 0 fully saturated rings. The highest BCUT2D eigenvalue weighted by molar-refractivity contribution is 5.86. The standard InChI is InChI=1S/C14H23N3O3/c1-4-19-13(18)12-6-5-11(20-12)9-17-14(15)16-8-7-10(2)3/h5-6,10H,4,7-9H2,1-3H3,(H3,15,16,17). The van der Waals surface area contributed by atoms with E-state index in [2.05, 4.69) is 24.2 Å². The third-order valence-corrected chi connectivity index (χ3v) is 2.57. The van der Waals surface area contributed by atoms with Gasteiger partial charge in [0.25, 0.3) is 0 Å². The van der Waals surface area contributed by atoms with E-state index in [1.807, 2.05) is 0 Å². The van der Waals surface area contributed by atoms with Gasteiger partial charge in [-0.1, -0.05) is 13.8 Å². The maximum Gasteiger partial charge on any atom is 0.374 e. The highest BCUT2D eigenvalue weighted by Gasteiger charge is 2.11. The molecule has 0 radical (unpaired) electrons. The zero-order valence-corrected chi connectivity index (χ0v) is 12.3. The quantitative estimate of drug-likeness (QED) is 0.452. The van der Waals surface area contributed by atoms with Crippen molar-refractivity contribution in [1.82, 2.24) is 5.32 Å². The number of nitrogens with one attached hydrogen (secondary N) is 1. The first kappa shape index (κ1) is 16.1. The van der Waals surface area contributed by atoms with E-state index in [-0.39, 0.29) is 5.76 Å². The van der Waals surface area contributed by atoms with Gasteiger partial charge >= 0.3 is 5.97 Å². The topological polar surface area (TPSA) is 89.8 Å². The number of guanidine groups is 1. The van der Waals surface area contributed by atoms with Crippen LogP contribution in [0.15, 0.2) is 21.5 Å². The molecule has 0 amide bonds. The van der Waals surface area contributed by atoms with Gasteiger partial charge in [0.2, 0.25) is 5.76 Å². The van der Waals surface area contributed by atoms with Gasteiger partial charge in [-0.15, -0.1) is 0 Å². The Bertz CT molecular complexity index is 452. The molecule has 6 nitrogen and oxygen atoms in total. The summed E-state index contributed by atoms with van der Waals surface area (Å²) in [7, 11) is 0. The second-order valence-corrected chi connectivity index (χ2v) is 4.80. The SMILES string of the molecule is CCOC(=O)c1ccc(CN=C(N)NCCC(C)C)o1. The maximum absolute atomic E-state index is 11.4. The number of nitrogens with zero attached hydrogens (tertiary/aromatic N) is 1. The fraction of sp³-hybridized carbons (Fsp3) is 0.571. The fourth-order valence-corrected chi connectivity index (χ4v) is 1.48. The van der Waals surface area contributed by atoms with E-state index in [1.165, 1.54) is 0 Å². The average molecular weight is 281 g/mol. The Kier molecular flexibility index (Phi) is 6.63. The molecule has 6 heteroatoms. The lowest BCUT2D eigenvalue weighted by Gasteiger charge is -2.06. The van der Waals surface area contributed by atoms with Gasteiger partial charge in [0, 0.05) is 6.54 Å². The van der Waals surface area contributed by atoms with Crippen LogP contribution in [0.1, 0.15) is 43.5 Å². The van der Waals surface area contributed by atoms with Crippen LogP contribution in [0, 0.1) is 5.92 Å². The van der Waals surface area contributed by atoms with Crippen LogP contribution in [0.2, 0.25) is 0 Å². The molecule has 0 saturated heterocycles. The van der Waals surface area contributed by atoms with Crippen LogP contribution < -0.4 is 11.1 Å². The molecule has 0 aliphatic carbocycles. The molecule has 3 N–H and O–H groups in total. The molecule has 1 aromatic heterocycles. The summed E-state index contributed by atoms with van der Waals surface area (Å²) in [6, 6.07) is 3.27. The highest BCUT2D eigenvalue weighted by atomic mass is 16.5. The van der Waals surface area contributed by atoms with Crippen LogP contribution in [0.25, 0.3) is 0 Å². The van der Waals surface area contributed by atoms with E-state index in [1.54, 1.807) is 19.1 Å². The molecule has 0 saturated carbocycles. The van der Waals surface area contributed by atoms with Gasteiger partial charge < -0.3 is 20.2 Å². The van der Waals surface area contributed by atoms with Gasteiger partial charge in [0.05, 0.1) is 6.61 Å². The minimum atomic E-state index is -0.467. The van der Waals surface area contributed by atoms with E-state index >= 15 is 0 Å². The Hall–Kier alpha value is -1.98. The molecule has 0 unspecified atom stereocenters. The van der Waals surface area contributed by atoms with Crippen molar-refractivity contribution < 1.29 is 13.9 Å². The summed E-state index contributed by atoms with van der Waals surface area (Å²) >= 11 is 0. The average Bonchev–Trinajstić information content (AvgIpc) is 2.85. The number of nitrogens with two attached hydrogens (primary N) is 1. The summed E-state index contributed by atoms with van der Waals surface area (Å²) < 4.78 is 10.2. The minimum Gasteiger partial charge on any atom is -0.460 e. The first-order valence-corrected chi connectivity index (χ1v) is 6.82. The summed E-state index contributed by atoms with van der Waals surface area (Å²) in [5, 5.41) is 3.03. The Labute approximate surface area is 119 Å². The summed E-state index contributed by atoms with van der Waals surface area (Å²) in [5.74, 6) is 1.28. The summed E-state index contributed by atoms with van der Waals surface area (Å²) in [4.78, 5) is 15.6. The van der Waals surface area contributed by atoms with E-state index < -0.39 is 5.97 Å². The molecule has 1 aromatic rings. The molecular weight excluding hydrogens is 258 g/mol. The number of furan rings is 1. The van der Waals surface area contributed by atoms with Crippen LogP contribution in [-0.2, 0) is 11.3 Å². The van der Waals surface area contributed by atoms with E-state index in [0.29, 0.717) is 30.8 Å². The van der Waals surface area contributed by atoms with Gasteiger partial charge in [0.15, 0.2) is 5.96 Å². The van der Waals surface area contributed by atoms with Crippen molar-refractivity contribution in [3.05, 3.63) is 23.7 Å². The smallest absolute Gasteiger partial charge is 0.374 e. The van der Waals surface area contributed by atoms with Crippen molar-refractivity contribution >= 4 is 11.9 Å². The normalized spacial score (nSPS) is 11.7. The molecule has 1 heterocycles. The molecule has 0 bridgehead atoms. The zero-order valence-electron chi connectivity index (χ0n) is 12.3. The second kappa shape index (κ2) is 8.24. The first-order chi connectivity index (χ1) is 9.52. The number of carbonyl (C=O) groups excluding carboxylic acids is 1. The van der Waals surface area contributed by atoms with Gasteiger partial charge in [0.1, 0.15) is 12.3 Å². The van der Waals surface area contributed by atoms with Crippen LogP contribution in [0.5, 0.6) is 0 Å². The lowest BCUT2D eigenvalue weighted by molar-refractivity contribution is 0.0488. The Morgan fingerprint density at radius 2 is 2.25 bits per heavy atom. The zero-order chi connectivity index (χ0) is 15.0. The van der Waals surface area contributed by atoms with Crippen molar-refractivity contribution in [2.75, 3.05) is 13.2 Å². The monoisotopic (exact) mass is 281 g/mol. The lowest BCUT2D eigenvalue weighted by Crippen LogP contribution is -2.32. The Morgan fingerprint density at radius 3 is 2.90 bits per heavy atom. The van der Waals surface area contributed by atoms with Crippen molar-refractivity contribution in [2.45, 2.75) is 33.7 Å². The molecule has 112 valence electrons. The van der Waals surface area contributed by atoms with E-state index in [4.69, 9.17) is 14.9 Å². The Morgan fingerprint density at radius 1 is 1.50 bits per heavy atom. The van der Waals surface area contributed by atoms with Gasteiger partial charge in [-0.3, -0.25) is 0 Å². The predicted octanol–water partition coefficient (Wildman–Crippen LogP) is 1.91. The van der Waals surface area contributed by atoms with Crippen molar-refractivity contribution in [3.8, 4) is 0 Å². The molecule has 0 aliphatic heterocycles. The molecule has 0 atom stereocenters. The van der Waals surface area contributed by atoms with E-state index in [0.717, 1.165) is 13.0 Å². The highest BCUT2D eigenvalue weighted by Crippen LogP contribution is 2.10. The minimum absolute atomic E-state index is 0.184. The van der Waals surface area contributed by atoms with E-state index in [9.17, 15) is 4.79 Å². The van der Waals surface area contributed by atoms with Gasteiger partial charge in [-0.2, -0.15) is 0 Å². The molecule has 0 aliphatic rings. The van der Waals surface area contributed by atoms with Crippen LogP contribution >= 0.6 is 0 Å². The molecule has 0 aromatic carbocycles. The number of aliphatic imine (C=N–C) groups is 1. The fourth-order valence-electron chi connectivity index (χ4n) is 1.48. The van der Waals surface area contributed by atoms with Crippen molar-refractivity contribution in [1.29, 1.82) is 0 Å². The maximum atomic E-state index is 11.4. The van der Waals surface area contributed by atoms with Crippen molar-refractivity contribution in [2.24, 2.45) is 16.6 Å². The molecular formula is C14H23N3O3. The van der Waals surface area contributed by atoms with Crippen LogP contribution in [0.4, 0.5) is 0 Å². The van der Waals surface area contributed by atoms with Gasteiger partial charge in [-0.05, 0) is 31.4 Å². The largest absolute Gasteiger partial charge is 0.460 e. The Balaban J connectivity index is 2.42. The van der Waals surface area contributed by atoms with Crippen LogP contribution in [-0.4, -0.2) is 25.1 Å². The second-order valence-electron chi connectivity index (χ2n) is 4.80. The lowest BCUT2D eigenvalue weighted by atomic mass is 10.1. The third kappa shape index (κ3) is 5.77. The number of carbonyl (C=O) groups is 1. The van der Waals surface area contributed by atoms with Crippen LogP contribution in [0.3, 0.4) is 0 Å². The van der Waals surface area contributed by atoms with Gasteiger partial charge in [-0.25, -0.2) is 9.79 Å². The third-order valence-electron chi connectivity index (χ3n) is 2.57. The summed E-state index contributed by atoms with van der Waals surface area (Å²) in [6.07, 6.45) is 1.03. The number of ether oxygens (including phenoxy) is 1. The number of hydrogen-bond acceptors (Lipinski definition) is 4. The predicted molar refractivity (Wildman–Crippen MR) is 77.4 cm³/mol. The molecule has 1 rings (SSSR count). The summed E-state index contributed by atoms with van der Waals surface area (Å²) in [5.41, 5.74) is 5.73. The van der Waals surface area contributed by atoms with Crippen molar-refractivity contribution in [3.63, 3.8) is 0 Å².